The number of hydrogen-bond donors (Lipinski definition) is 1. The molecule has 100 valence electrons. The highest BCUT2D eigenvalue weighted by atomic mass is 16.5. The summed E-state index contributed by atoms with van der Waals surface area (Å²) in [7, 11) is 0. The van der Waals surface area contributed by atoms with Gasteiger partial charge in [-0.05, 0) is 31.5 Å². The molecule has 19 heavy (non-hydrogen) atoms. The molecule has 5 nitrogen and oxygen atoms in total. The number of nitrogens with one attached hydrogen (secondary N) is 1. The van der Waals surface area contributed by atoms with Gasteiger partial charge in [-0.15, -0.1) is 0 Å². The summed E-state index contributed by atoms with van der Waals surface area (Å²) in [5, 5.41) is 2.69. The zero-order chi connectivity index (χ0) is 13.8. The van der Waals surface area contributed by atoms with E-state index in [2.05, 4.69) is 10.3 Å². The van der Waals surface area contributed by atoms with E-state index in [4.69, 9.17) is 4.74 Å². The molecule has 2 rings (SSSR count). The van der Waals surface area contributed by atoms with E-state index in [-0.39, 0.29) is 24.2 Å². The number of pyridine rings is 1. The molecule has 0 fully saturated rings. The van der Waals surface area contributed by atoms with Crippen LogP contribution in [0.2, 0.25) is 0 Å². The summed E-state index contributed by atoms with van der Waals surface area (Å²) in [6.45, 7) is 3.79. The van der Waals surface area contributed by atoms with Crippen molar-refractivity contribution >= 4 is 11.9 Å². The molecule has 1 aliphatic heterocycles. The maximum absolute atomic E-state index is 12.1. The number of aromatic nitrogens is 1. The minimum absolute atomic E-state index is 0.0904. The van der Waals surface area contributed by atoms with Crippen molar-refractivity contribution in [2.45, 2.75) is 26.2 Å². The summed E-state index contributed by atoms with van der Waals surface area (Å²) in [6, 6.07) is 3.63. The van der Waals surface area contributed by atoms with Crippen LogP contribution in [0.15, 0.2) is 35.8 Å². The van der Waals surface area contributed by atoms with Crippen molar-refractivity contribution in [1.29, 1.82) is 0 Å². The molecular weight excluding hydrogens is 244 g/mol. The van der Waals surface area contributed by atoms with E-state index >= 15 is 0 Å². The van der Waals surface area contributed by atoms with Gasteiger partial charge in [-0.3, -0.25) is 9.78 Å². The average Bonchev–Trinajstić information content (AvgIpc) is 2.39. The van der Waals surface area contributed by atoms with Crippen LogP contribution in [0.25, 0.3) is 0 Å². The molecule has 0 bridgehead atoms. The van der Waals surface area contributed by atoms with E-state index in [0.29, 0.717) is 17.9 Å². The Morgan fingerprint density at radius 1 is 1.47 bits per heavy atom. The van der Waals surface area contributed by atoms with Gasteiger partial charge < -0.3 is 10.1 Å². The second-order valence-electron chi connectivity index (χ2n) is 4.34. The zero-order valence-corrected chi connectivity index (χ0v) is 11.0. The molecular formula is C14H16N2O3. The van der Waals surface area contributed by atoms with Crippen LogP contribution in [-0.2, 0) is 14.3 Å². The monoisotopic (exact) mass is 260 g/mol. The normalized spacial score (nSPS) is 19.1. The molecule has 0 aromatic carbocycles. The number of amides is 1. The molecule has 0 aliphatic carbocycles. The van der Waals surface area contributed by atoms with Gasteiger partial charge in [0.2, 0.25) is 5.91 Å². The predicted octanol–water partition coefficient (Wildman–Crippen LogP) is 1.52. The second-order valence-corrected chi connectivity index (χ2v) is 4.34. The van der Waals surface area contributed by atoms with Crippen molar-refractivity contribution in [3.8, 4) is 0 Å². The molecule has 1 atom stereocenters. The quantitative estimate of drug-likeness (QED) is 0.837. The third kappa shape index (κ3) is 2.81. The Labute approximate surface area is 111 Å². The van der Waals surface area contributed by atoms with Crippen LogP contribution in [0.1, 0.15) is 31.7 Å². The van der Waals surface area contributed by atoms with Gasteiger partial charge in [0.1, 0.15) is 0 Å². The van der Waals surface area contributed by atoms with Gasteiger partial charge in [0.05, 0.1) is 12.2 Å². The first-order valence-corrected chi connectivity index (χ1v) is 6.21. The van der Waals surface area contributed by atoms with Gasteiger partial charge in [0.15, 0.2) is 0 Å². The topological polar surface area (TPSA) is 68.3 Å². The highest BCUT2D eigenvalue weighted by Gasteiger charge is 2.32. The van der Waals surface area contributed by atoms with Crippen LogP contribution in [0, 0.1) is 0 Å². The number of esters is 1. The number of carbonyl (C=O) groups excluding carboxylic acids is 2. The van der Waals surface area contributed by atoms with Crippen molar-refractivity contribution in [1.82, 2.24) is 10.3 Å². The maximum Gasteiger partial charge on any atom is 0.336 e. The third-order valence-electron chi connectivity index (χ3n) is 3.07. The van der Waals surface area contributed by atoms with E-state index in [1.54, 1.807) is 26.2 Å². The highest BCUT2D eigenvalue weighted by Crippen LogP contribution is 2.32. The van der Waals surface area contributed by atoms with Crippen LogP contribution >= 0.6 is 0 Å². The van der Waals surface area contributed by atoms with Crippen LogP contribution in [0.4, 0.5) is 0 Å². The highest BCUT2D eigenvalue weighted by molar-refractivity contribution is 5.95. The van der Waals surface area contributed by atoms with Gasteiger partial charge in [-0.1, -0.05) is 0 Å². The minimum Gasteiger partial charge on any atom is -0.463 e. The molecule has 1 unspecified atom stereocenters. The average molecular weight is 260 g/mol. The first-order chi connectivity index (χ1) is 9.13. The van der Waals surface area contributed by atoms with E-state index < -0.39 is 0 Å². The molecule has 2 heterocycles. The van der Waals surface area contributed by atoms with Crippen LogP contribution in [-0.4, -0.2) is 23.5 Å². The van der Waals surface area contributed by atoms with E-state index in [9.17, 15) is 9.59 Å². The molecule has 5 heteroatoms. The van der Waals surface area contributed by atoms with Crippen LogP contribution in [0.3, 0.4) is 0 Å². The molecule has 1 aromatic rings. The Balaban J connectivity index is 2.41. The van der Waals surface area contributed by atoms with Crippen molar-refractivity contribution in [3.63, 3.8) is 0 Å². The summed E-state index contributed by atoms with van der Waals surface area (Å²) in [4.78, 5) is 27.7. The fourth-order valence-electron chi connectivity index (χ4n) is 2.26. The van der Waals surface area contributed by atoms with Gasteiger partial charge in [0, 0.05) is 30.4 Å². The van der Waals surface area contributed by atoms with Crippen molar-refractivity contribution in [2.24, 2.45) is 0 Å². The van der Waals surface area contributed by atoms with Crippen LogP contribution < -0.4 is 5.32 Å². The summed E-state index contributed by atoms with van der Waals surface area (Å²) >= 11 is 0. The molecule has 1 amide bonds. The zero-order valence-electron chi connectivity index (χ0n) is 11.0. The molecule has 1 aromatic heterocycles. The van der Waals surface area contributed by atoms with Gasteiger partial charge in [-0.25, -0.2) is 4.79 Å². The fraction of sp³-hybridized carbons (Fsp3) is 0.357. The number of allylic oxidation sites excluding steroid dienone is 1. The first-order valence-electron chi connectivity index (χ1n) is 6.21. The van der Waals surface area contributed by atoms with Crippen LogP contribution in [0.5, 0.6) is 0 Å². The van der Waals surface area contributed by atoms with E-state index in [0.717, 1.165) is 5.56 Å². The Morgan fingerprint density at radius 3 is 2.79 bits per heavy atom. The summed E-state index contributed by atoms with van der Waals surface area (Å²) < 4.78 is 5.08. The Morgan fingerprint density at radius 2 is 2.16 bits per heavy atom. The standard InChI is InChI=1S/C14H16N2O3/c1-3-19-14(18)13-9(2)16-12(17)8-11(13)10-4-6-15-7-5-10/h4-7,11H,3,8H2,1-2H3,(H,16,17). The molecule has 1 N–H and O–H groups in total. The summed E-state index contributed by atoms with van der Waals surface area (Å²) in [6.07, 6.45) is 3.55. The molecule has 0 saturated carbocycles. The SMILES string of the molecule is CCOC(=O)C1=C(C)NC(=O)CC1c1ccncc1. The Hall–Kier alpha value is -2.17. The lowest BCUT2D eigenvalue weighted by atomic mass is 9.85. The lowest BCUT2D eigenvalue weighted by molar-refractivity contribution is -0.139. The molecule has 0 radical (unpaired) electrons. The largest absolute Gasteiger partial charge is 0.463 e. The van der Waals surface area contributed by atoms with Crippen molar-refractivity contribution in [3.05, 3.63) is 41.4 Å². The molecule has 0 spiro atoms. The van der Waals surface area contributed by atoms with Gasteiger partial charge in [-0.2, -0.15) is 0 Å². The first kappa shape index (κ1) is 13.3. The van der Waals surface area contributed by atoms with E-state index in [1.165, 1.54) is 0 Å². The molecule has 0 saturated heterocycles. The van der Waals surface area contributed by atoms with Crippen molar-refractivity contribution < 1.29 is 14.3 Å². The maximum atomic E-state index is 12.1. The summed E-state index contributed by atoms with van der Waals surface area (Å²) in [5.74, 6) is -0.732. The van der Waals surface area contributed by atoms with Crippen molar-refractivity contribution in [2.75, 3.05) is 6.61 Å². The second kappa shape index (κ2) is 5.65. The number of carbonyl (C=O) groups is 2. The lowest BCUT2D eigenvalue weighted by Crippen LogP contribution is -2.34. The van der Waals surface area contributed by atoms with Gasteiger partial charge >= 0.3 is 5.97 Å². The number of ether oxygens (including phenoxy) is 1. The molecule has 1 aliphatic rings. The smallest absolute Gasteiger partial charge is 0.336 e. The summed E-state index contributed by atoms with van der Waals surface area (Å²) in [5.41, 5.74) is 1.98. The van der Waals surface area contributed by atoms with Gasteiger partial charge in [0.25, 0.3) is 0 Å². The Bertz CT molecular complexity index is 523. The predicted molar refractivity (Wildman–Crippen MR) is 69.1 cm³/mol. The number of rotatable bonds is 3. The minimum atomic E-state index is -0.373. The third-order valence-corrected chi connectivity index (χ3v) is 3.07. The van der Waals surface area contributed by atoms with E-state index in [1.807, 2.05) is 12.1 Å². The number of hydrogen-bond acceptors (Lipinski definition) is 4. The number of nitrogens with zero attached hydrogens (tertiary/aromatic N) is 1. The lowest BCUT2D eigenvalue weighted by Gasteiger charge is -2.26. The fourth-order valence-corrected chi connectivity index (χ4v) is 2.26. The Kier molecular flexibility index (Phi) is 3.94.